The van der Waals surface area contributed by atoms with Crippen molar-refractivity contribution in [3.63, 3.8) is 0 Å². The fourth-order valence-corrected chi connectivity index (χ4v) is 3.92. The van der Waals surface area contributed by atoms with Crippen LogP contribution in [0.1, 0.15) is 18.1 Å². The minimum atomic E-state index is -0.0371. The molecule has 0 bridgehead atoms. The van der Waals surface area contributed by atoms with E-state index in [1.165, 1.54) is 11.1 Å². The first-order chi connectivity index (χ1) is 12.3. The van der Waals surface area contributed by atoms with Crippen molar-refractivity contribution < 1.29 is 14.2 Å². The lowest BCUT2D eigenvalue weighted by molar-refractivity contribution is -0.0702. The molecule has 1 aliphatic heterocycles. The molecule has 0 aromatic heterocycles. The van der Waals surface area contributed by atoms with Crippen molar-refractivity contribution in [2.24, 2.45) is 5.92 Å². The van der Waals surface area contributed by atoms with Crippen LogP contribution in [-0.2, 0) is 27.4 Å². The molecule has 2 aromatic carbocycles. The summed E-state index contributed by atoms with van der Waals surface area (Å²) in [5.74, 6) is 0.327. The molecule has 1 fully saturated rings. The minimum absolute atomic E-state index is 0.0371. The molecule has 4 atom stereocenters. The van der Waals surface area contributed by atoms with Gasteiger partial charge in [-0.1, -0.05) is 83.5 Å². The van der Waals surface area contributed by atoms with Crippen LogP contribution in [0, 0.1) is 5.92 Å². The molecule has 0 unspecified atom stereocenters. The zero-order valence-electron chi connectivity index (χ0n) is 14.5. The van der Waals surface area contributed by atoms with E-state index in [-0.39, 0.29) is 18.3 Å². The summed E-state index contributed by atoms with van der Waals surface area (Å²) in [5.41, 5.74) is 2.35. The first-order valence-electron chi connectivity index (χ1n) is 8.76. The minimum Gasteiger partial charge on any atom is -0.374 e. The third-order valence-electron chi connectivity index (χ3n) is 4.65. The van der Waals surface area contributed by atoms with Crippen LogP contribution < -0.4 is 0 Å². The van der Waals surface area contributed by atoms with Crippen molar-refractivity contribution in [2.45, 2.75) is 38.4 Å². The molecule has 1 aliphatic rings. The average Bonchev–Trinajstić information content (AvgIpc) is 2.97. The van der Waals surface area contributed by atoms with Crippen molar-refractivity contribution in [1.82, 2.24) is 0 Å². The summed E-state index contributed by atoms with van der Waals surface area (Å²) in [6.07, 6.45) is 0.162. The van der Waals surface area contributed by atoms with Gasteiger partial charge in [-0.2, -0.15) is 0 Å². The molecule has 0 spiro atoms. The Morgan fingerprint density at radius 1 is 0.880 bits per heavy atom. The maximum absolute atomic E-state index is 6.22. The van der Waals surface area contributed by atoms with Crippen LogP contribution in [0.5, 0.6) is 0 Å². The van der Waals surface area contributed by atoms with E-state index in [0.717, 1.165) is 5.33 Å². The number of alkyl halides is 1. The van der Waals surface area contributed by atoms with E-state index in [0.29, 0.717) is 25.7 Å². The van der Waals surface area contributed by atoms with Crippen LogP contribution in [0.25, 0.3) is 0 Å². The number of rotatable bonds is 8. The Hall–Kier alpha value is -1.20. The van der Waals surface area contributed by atoms with Crippen LogP contribution in [-0.4, -0.2) is 30.2 Å². The highest BCUT2D eigenvalue weighted by molar-refractivity contribution is 9.09. The van der Waals surface area contributed by atoms with E-state index >= 15 is 0 Å². The van der Waals surface area contributed by atoms with Crippen molar-refractivity contribution >= 4 is 15.9 Å². The van der Waals surface area contributed by atoms with E-state index in [1.54, 1.807) is 0 Å². The van der Waals surface area contributed by atoms with E-state index in [2.05, 4.69) is 47.1 Å². The van der Waals surface area contributed by atoms with Crippen LogP contribution in [0.3, 0.4) is 0 Å². The van der Waals surface area contributed by atoms with E-state index in [4.69, 9.17) is 14.2 Å². The molecule has 0 N–H and O–H groups in total. The Labute approximate surface area is 158 Å². The number of halogens is 1. The Kier molecular flexibility index (Phi) is 7.05. The number of ether oxygens (including phenoxy) is 3. The maximum atomic E-state index is 6.22. The molecule has 4 heteroatoms. The second-order valence-electron chi connectivity index (χ2n) is 6.49. The van der Waals surface area contributed by atoms with Gasteiger partial charge >= 0.3 is 0 Å². The summed E-state index contributed by atoms with van der Waals surface area (Å²) >= 11 is 3.55. The summed E-state index contributed by atoms with van der Waals surface area (Å²) in [7, 11) is 0. The highest BCUT2D eigenvalue weighted by Gasteiger charge is 2.42. The van der Waals surface area contributed by atoms with Gasteiger partial charge in [0.1, 0.15) is 6.10 Å². The molecule has 134 valence electrons. The van der Waals surface area contributed by atoms with Gasteiger partial charge in [0.2, 0.25) is 0 Å². The van der Waals surface area contributed by atoms with E-state index in [1.807, 2.05) is 36.4 Å². The number of benzene rings is 2. The lowest BCUT2D eigenvalue weighted by Crippen LogP contribution is -2.32. The van der Waals surface area contributed by atoms with Crippen LogP contribution >= 0.6 is 15.9 Å². The third kappa shape index (κ3) is 5.14. The van der Waals surface area contributed by atoms with Gasteiger partial charge in [-0.25, -0.2) is 0 Å². The predicted octanol–water partition coefficient (Wildman–Crippen LogP) is 4.59. The summed E-state index contributed by atoms with van der Waals surface area (Å²) in [4.78, 5) is 0. The van der Waals surface area contributed by atoms with Gasteiger partial charge in [0.15, 0.2) is 0 Å². The highest BCUT2D eigenvalue weighted by Crippen LogP contribution is 2.31. The molecular weight excluding hydrogens is 380 g/mol. The third-order valence-corrected chi connectivity index (χ3v) is 5.29. The van der Waals surface area contributed by atoms with Crippen molar-refractivity contribution in [3.05, 3.63) is 71.8 Å². The van der Waals surface area contributed by atoms with Crippen molar-refractivity contribution in [1.29, 1.82) is 0 Å². The molecule has 3 rings (SSSR count). The topological polar surface area (TPSA) is 27.7 Å². The predicted molar refractivity (Wildman–Crippen MR) is 103 cm³/mol. The zero-order valence-corrected chi connectivity index (χ0v) is 16.1. The van der Waals surface area contributed by atoms with Crippen LogP contribution in [0.4, 0.5) is 0 Å². The standard InChI is InChI=1S/C21H25BrO3/c1-16-19(12-22)25-20(15-23-13-17-8-4-2-5-9-17)21(16)24-14-18-10-6-3-7-11-18/h2-11,16,19-21H,12-15H2,1H3/t16-,19+,20-,21+/m1/s1. The Morgan fingerprint density at radius 3 is 2.08 bits per heavy atom. The number of hydrogen-bond acceptors (Lipinski definition) is 3. The van der Waals surface area contributed by atoms with Crippen molar-refractivity contribution in [3.8, 4) is 0 Å². The second kappa shape index (κ2) is 9.48. The molecule has 0 aliphatic carbocycles. The molecular formula is C21H25BrO3. The largest absolute Gasteiger partial charge is 0.374 e. The van der Waals surface area contributed by atoms with E-state index in [9.17, 15) is 0 Å². The molecule has 1 saturated heterocycles. The quantitative estimate of drug-likeness (QED) is 0.602. The molecule has 1 heterocycles. The molecule has 0 saturated carbocycles. The number of hydrogen-bond donors (Lipinski definition) is 0. The van der Waals surface area contributed by atoms with Gasteiger partial charge in [-0.15, -0.1) is 0 Å². The molecule has 2 aromatic rings. The first kappa shape index (κ1) is 18.6. The molecule has 3 nitrogen and oxygen atoms in total. The van der Waals surface area contributed by atoms with Gasteiger partial charge in [-0.3, -0.25) is 0 Å². The molecule has 0 radical (unpaired) electrons. The average molecular weight is 405 g/mol. The van der Waals surface area contributed by atoms with Gasteiger partial charge in [0.05, 0.1) is 32.0 Å². The SMILES string of the molecule is C[C@H]1[C@H](OCc2ccccc2)[C@@H](COCc2ccccc2)O[C@H]1CBr. The van der Waals surface area contributed by atoms with E-state index < -0.39 is 0 Å². The monoisotopic (exact) mass is 404 g/mol. The Morgan fingerprint density at radius 2 is 1.48 bits per heavy atom. The molecule has 25 heavy (non-hydrogen) atoms. The summed E-state index contributed by atoms with van der Waals surface area (Å²) in [6, 6.07) is 20.5. The second-order valence-corrected chi connectivity index (χ2v) is 7.14. The lowest BCUT2D eigenvalue weighted by atomic mass is 9.99. The summed E-state index contributed by atoms with van der Waals surface area (Å²) < 4.78 is 18.3. The highest BCUT2D eigenvalue weighted by atomic mass is 79.9. The normalized spacial score (nSPS) is 26.0. The maximum Gasteiger partial charge on any atom is 0.108 e. The summed E-state index contributed by atoms with van der Waals surface area (Å²) in [5, 5.41) is 0.814. The smallest absolute Gasteiger partial charge is 0.108 e. The summed E-state index contributed by atoms with van der Waals surface area (Å²) in [6.45, 7) is 3.93. The van der Waals surface area contributed by atoms with Crippen LogP contribution in [0.2, 0.25) is 0 Å². The first-order valence-corrected chi connectivity index (χ1v) is 9.88. The van der Waals surface area contributed by atoms with Gasteiger partial charge in [-0.05, 0) is 11.1 Å². The Bertz CT molecular complexity index is 620. The van der Waals surface area contributed by atoms with Gasteiger partial charge in [0.25, 0.3) is 0 Å². The Balaban J connectivity index is 1.55. The van der Waals surface area contributed by atoms with Gasteiger partial charge in [0, 0.05) is 11.2 Å². The van der Waals surface area contributed by atoms with Gasteiger partial charge < -0.3 is 14.2 Å². The lowest BCUT2D eigenvalue weighted by Gasteiger charge is -2.22. The van der Waals surface area contributed by atoms with Crippen molar-refractivity contribution in [2.75, 3.05) is 11.9 Å². The fourth-order valence-electron chi connectivity index (χ4n) is 3.18. The molecule has 0 amide bonds. The zero-order chi connectivity index (χ0) is 17.5. The van der Waals surface area contributed by atoms with Crippen LogP contribution in [0.15, 0.2) is 60.7 Å². The fraction of sp³-hybridized carbons (Fsp3) is 0.429.